The fourth-order valence-electron chi connectivity index (χ4n) is 2.61. The minimum absolute atomic E-state index is 0.152. The lowest BCUT2D eigenvalue weighted by Crippen LogP contribution is -2.47. The van der Waals surface area contributed by atoms with Gasteiger partial charge in [-0.15, -0.1) is 0 Å². The molecule has 0 saturated carbocycles. The minimum Gasteiger partial charge on any atom is -0.481 e. The molecule has 0 spiro atoms. The first-order valence-electron chi connectivity index (χ1n) is 7.10. The van der Waals surface area contributed by atoms with Crippen LogP contribution in [0.1, 0.15) is 24.9 Å². The van der Waals surface area contributed by atoms with Crippen molar-refractivity contribution in [2.75, 3.05) is 32.7 Å². The van der Waals surface area contributed by atoms with Crippen molar-refractivity contribution >= 4 is 17.6 Å². The Morgan fingerprint density at radius 1 is 1.38 bits per heavy atom. The van der Waals surface area contributed by atoms with Crippen molar-refractivity contribution < 1.29 is 14.3 Å². The molecule has 1 unspecified atom stereocenters. The maximum Gasteiger partial charge on any atom is 0.304 e. The van der Waals surface area contributed by atoms with Crippen LogP contribution in [0.3, 0.4) is 0 Å². The number of aliphatic carboxylic acids is 1. The van der Waals surface area contributed by atoms with E-state index in [2.05, 4.69) is 16.7 Å². The van der Waals surface area contributed by atoms with Gasteiger partial charge in [0.2, 0.25) is 0 Å². The Kier molecular flexibility index (Phi) is 5.56. The Morgan fingerprint density at radius 3 is 2.62 bits per heavy atom. The maximum absolute atomic E-state index is 13.2. The lowest BCUT2D eigenvalue weighted by molar-refractivity contribution is -0.137. The van der Waals surface area contributed by atoms with Crippen LogP contribution >= 0.6 is 11.6 Å². The van der Waals surface area contributed by atoms with E-state index in [1.54, 1.807) is 12.1 Å². The number of nitrogens with zero attached hydrogens (tertiary/aromatic N) is 2. The Morgan fingerprint density at radius 2 is 2.05 bits per heavy atom. The quantitative estimate of drug-likeness (QED) is 0.907. The molecule has 1 heterocycles. The molecule has 0 bridgehead atoms. The highest BCUT2D eigenvalue weighted by molar-refractivity contribution is 6.30. The molecule has 1 aliphatic heterocycles. The van der Waals surface area contributed by atoms with Crippen molar-refractivity contribution in [3.8, 4) is 0 Å². The van der Waals surface area contributed by atoms with Gasteiger partial charge in [0.05, 0.1) is 11.4 Å². The highest BCUT2D eigenvalue weighted by atomic mass is 35.5. The van der Waals surface area contributed by atoms with E-state index < -0.39 is 11.8 Å². The van der Waals surface area contributed by atoms with Crippen molar-refractivity contribution in [2.24, 2.45) is 0 Å². The van der Waals surface area contributed by atoms with Gasteiger partial charge in [-0.3, -0.25) is 9.69 Å². The average Bonchev–Trinajstić information content (AvgIpc) is 2.48. The Balaban J connectivity index is 1.89. The number of carbonyl (C=O) groups is 1. The first-order chi connectivity index (χ1) is 9.97. The molecule has 4 nitrogen and oxygen atoms in total. The van der Waals surface area contributed by atoms with E-state index in [9.17, 15) is 9.18 Å². The lowest BCUT2D eigenvalue weighted by Gasteiger charge is -2.38. The highest BCUT2D eigenvalue weighted by Gasteiger charge is 2.22. The molecule has 1 aromatic rings. The topological polar surface area (TPSA) is 43.8 Å². The number of hydrogen-bond acceptors (Lipinski definition) is 3. The predicted molar refractivity (Wildman–Crippen MR) is 80.1 cm³/mol. The highest BCUT2D eigenvalue weighted by Crippen LogP contribution is 2.25. The molecule has 0 radical (unpaired) electrons. The van der Waals surface area contributed by atoms with Gasteiger partial charge in [-0.25, -0.2) is 4.39 Å². The lowest BCUT2D eigenvalue weighted by atomic mass is 10.1. The third-order valence-corrected chi connectivity index (χ3v) is 4.31. The Labute approximate surface area is 129 Å². The molecular formula is C15H20ClFN2O2. The summed E-state index contributed by atoms with van der Waals surface area (Å²) in [5.41, 5.74) is 1.00. The van der Waals surface area contributed by atoms with Crippen molar-refractivity contribution in [3.05, 3.63) is 34.6 Å². The Bertz CT molecular complexity index is 504. The molecule has 21 heavy (non-hydrogen) atoms. The van der Waals surface area contributed by atoms with Crippen molar-refractivity contribution in [1.82, 2.24) is 9.80 Å². The summed E-state index contributed by atoms with van der Waals surface area (Å²) < 4.78 is 13.2. The van der Waals surface area contributed by atoms with Crippen LogP contribution in [0.4, 0.5) is 4.39 Å². The second kappa shape index (κ2) is 7.20. The van der Waals surface area contributed by atoms with E-state index in [0.717, 1.165) is 31.7 Å². The van der Waals surface area contributed by atoms with Crippen LogP contribution in [0.15, 0.2) is 18.2 Å². The smallest absolute Gasteiger partial charge is 0.304 e. The molecule has 1 fully saturated rings. The van der Waals surface area contributed by atoms with Gasteiger partial charge in [0.15, 0.2) is 0 Å². The normalized spacial score (nSPS) is 18.6. The first kappa shape index (κ1) is 16.2. The third-order valence-electron chi connectivity index (χ3n) is 4.02. The van der Waals surface area contributed by atoms with Crippen LogP contribution < -0.4 is 0 Å². The molecule has 1 saturated heterocycles. The summed E-state index contributed by atoms with van der Waals surface area (Å²) >= 11 is 5.83. The largest absolute Gasteiger partial charge is 0.481 e. The van der Waals surface area contributed by atoms with Crippen LogP contribution in [0.25, 0.3) is 0 Å². The third kappa shape index (κ3) is 4.40. The number of carboxylic acids is 1. The molecule has 2 rings (SSSR count). The van der Waals surface area contributed by atoms with Gasteiger partial charge >= 0.3 is 5.97 Å². The van der Waals surface area contributed by atoms with Gasteiger partial charge in [0, 0.05) is 38.8 Å². The van der Waals surface area contributed by atoms with Crippen molar-refractivity contribution in [3.63, 3.8) is 0 Å². The number of rotatable bonds is 5. The van der Waals surface area contributed by atoms with Crippen molar-refractivity contribution in [2.45, 2.75) is 19.4 Å². The number of halogens is 2. The number of hydrogen-bond donors (Lipinski definition) is 1. The number of piperazine rings is 1. The first-order valence-corrected chi connectivity index (χ1v) is 7.48. The molecule has 1 N–H and O–H groups in total. The fraction of sp³-hybridized carbons (Fsp3) is 0.533. The summed E-state index contributed by atoms with van der Waals surface area (Å²) in [6, 6.07) is 5.02. The summed E-state index contributed by atoms with van der Waals surface area (Å²) in [5, 5.41) is 8.85. The summed E-state index contributed by atoms with van der Waals surface area (Å²) in [5.74, 6) is -1.15. The molecule has 0 aliphatic carbocycles. The molecular weight excluding hydrogens is 295 g/mol. The van der Waals surface area contributed by atoms with E-state index >= 15 is 0 Å². The van der Waals surface area contributed by atoms with Gasteiger partial charge in [-0.1, -0.05) is 17.7 Å². The van der Waals surface area contributed by atoms with E-state index in [1.807, 2.05) is 0 Å². The zero-order valence-corrected chi connectivity index (χ0v) is 12.8. The van der Waals surface area contributed by atoms with E-state index in [-0.39, 0.29) is 17.5 Å². The molecule has 1 aliphatic rings. The molecule has 0 amide bonds. The second-order valence-electron chi connectivity index (χ2n) is 5.37. The zero-order valence-electron chi connectivity index (χ0n) is 12.1. The van der Waals surface area contributed by atoms with Crippen LogP contribution in [-0.4, -0.2) is 53.6 Å². The SMILES string of the molecule is CC(c1ccc(F)c(Cl)c1)N1CCN(CCC(=O)O)CC1. The van der Waals surface area contributed by atoms with Crippen LogP contribution in [0.5, 0.6) is 0 Å². The molecule has 1 aromatic carbocycles. The number of benzene rings is 1. The van der Waals surface area contributed by atoms with Crippen molar-refractivity contribution in [1.29, 1.82) is 0 Å². The molecule has 116 valence electrons. The van der Waals surface area contributed by atoms with Gasteiger partial charge in [0.25, 0.3) is 0 Å². The van der Waals surface area contributed by atoms with Gasteiger partial charge in [-0.2, -0.15) is 0 Å². The van der Waals surface area contributed by atoms with E-state index in [1.165, 1.54) is 6.07 Å². The molecule has 6 heteroatoms. The fourth-order valence-corrected chi connectivity index (χ4v) is 2.80. The maximum atomic E-state index is 13.2. The van der Waals surface area contributed by atoms with Crippen LogP contribution in [0, 0.1) is 5.82 Å². The second-order valence-corrected chi connectivity index (χ2v) is 5.78. The van der Waals surface area contributed by atoms with Gasteiger partial charge < -0.3 is 10.0 Å². The van der Waals surface area contributed by atoms with Crippen LogP contribution in [0.2, 0.25) is 5.02 Å². The standard InChI is InChI=1S/C15H20ClFN2O2/c1-11(12-2-3-14(17)13(16)10-12)19-8-6-18(7-9-19)5-4-15(20)21/h2-3,10-11H,4-9H2,1H3,(H,20,21). The molecule has 0 aromatic heterocycles. The van der Waals surface area contributed by atoms with E-state index in [4.69, 9.17) is 16.7 Å². The predicted octanol–water partition coefficient (Wildman–Crippen LogP) is 2.63. The van der Waals surface area contributed by atoms with E-state index in [0.29, 0.717) is 6.54 Å². The van der Waals surface area contributed by atoms with Gasteiger partial charge in [-0.05, 0) is 24.6 Å². The summed E-state index contributed by atoms with van der Waals surface area (Å²) in [6.07, 6.45) is 0.184. The summed E-state index contributed by atoms with van der Waals surface area (Å²) in [6.45, 7) is 6.13. The summed E-state index contributed by atoms with van der Waals surface area (Å²) in [7, 11) is 0. The monoisotopic (exact) mass is 314 g/mol. The molecule has 1 atom stereocenters. The average molecular weight is 315 g/mol. The van der Waals surface area contributed by atoms with Crippen LogP contribution in [-0.2, 0) is 4.79 Å². The van der Waals surface area contributed by atoms with Gasteiger partial charge in [0.1, 0.15) is 5.82 Å². The summed E-state index contributed by atoms with van der Waals surface area (Å²) in [4.78, 5) is 15.0. The zero-order chi connectivity index (χ0) is 15.4. The number of carboxylic acid groups (broad SMARTS) is 1. The Hall–Kier alpha value is -1.17. The minimum atomic E-state index is -0.758.